The number of carbonyl (C=O) groups excluding carboxylic acids is 1. The van der Waals surface area contributed by atoms with E-state index in [4.69, 9.17) is 10.00 Å². The number of nitrogens with zero attached hydrogens (tertiary/aromatic N) is 2. The Morgan fingerprint density at radius 2 is 2.50 bits per heavy atom. The summed E-state index contributed by atoms with van der Waals surface area (Å²) in [4.78, 5) is 13.3. The minimum atomic E-state index is 0.0234. The summed E-state index contributed by atoms with van der Waals surface area (Å²) < 4.78 is 4.84. The maximum absolute atomic E-state index is 11.6. The smallest absolute Gasteiger partial charge is 0.224 e. The number of methoxy groups -OCH3 is 1. The van der Waals surface area contributed by atoms with Gasteiger partial charge in [-0.3, -0.25) is 4.79 Å². The Balaban J connectivity index is 2.36. The number of piperidine rings is 1. The molecule has 1 amide bonds. The molecule has 0 N–H and O–H groups in total. The average molecular weight is 196 g/mol. The van der Waals surface area contributed by atoms with Crippen molar-refractivity contribution in [2.45, 2.75) is 19.3 Å². The zero-order valence-electron chi connectivity index (χ0n) is 8.53. The Morgan fingerprint density at radius 3 is 3.14 bits per heavy atom. The van der Waals surface area contributed by atoms with Gasteiger partial charge in [0.2, 0.25) is 5.91 Å². The van der Waals surface area contributed by atoms with Gasteiger partial charge in [-0.15, -0.1) is 0 Å². The molecule has 1 aliphatic heterocycles. The Kier molecular flexibility index (Phi) is 4.41. The molecule has 4 nitrogen and oxygen atoms in total. The first-order chi connectivity index (χ1) is 6.77. The summed E-state index contributed by atoms with van der Waals surface area (Å²) >= 11 is 0. The summed E-state index contributed by atoms with van der Waals surface area (Å²) in [6.45, 7) is 1.85. The van der Waals surface area contributed by atoms with Gasteiger partial charge < -0.3 is 9.64 Å². The molecule has 0 saturated carbocycles. The lowest BCUT2D eigenvalue weighted by Crippen LogP contribution is -2.39. The van der Waals surface area contributed by atoms with Crippen LogP contribution in [0, 0.1) is 17.2 Å². The van der Waals surface area contributed by atoms with E-state index in [1.165, 1.54) is 0 Å². The normalized spacial score (nSPS) is 21.7. The van der Waals surface area contributed by atoms with Gasteiger partial charge in [-0.05, 0) is 12.8 Å². The van der Waals surface area contributed by atoms with Crippen molar-refractivity contribution < 1.29 is 9.53 Å². The van der Waals surface area contributed by atoms with E-state index in [0.717, 1.165) is 19.4 Å². The fourth-order valence-corrected chi connectivity index (χ4v) is 1.66. The zero-order chi connectivity index (χ0) is 10.4. The van der Waals surface area contributed by atoms with Gasteiger partial charge in [0.15, 0.2) is 0 Å². The number of ether oxygens (including phenoxy) is 1. The number of hydrogen-bond acceptors (Lipinski definition) is 3. The molecule has 0 aliphatic carbocycles. The van der Waals surface area contributed by atoms with Gasteiger partial charge in [0.05, 0.1) is 25.0 Å². The Hall–Kier alpha value is -1.08. The van der Waals surface area contributed by atoms with E-state index in [0.29, 0.717) is 19.6 Å². The van der Waals surface area contributed by atoms with Gasteiger partial charge >= 0.3 is 0 Å². The van der Waals surface area contributed by atoms with Crippen molar-refractivity contribution in [2.75, 3.05) is 26.8 Å². The Bertz CT molecular complexity index is 235. The fraction of sp³-hybridized carbons (Fsp3) is 0.800. The third-order valence-corrected chi connectivity index (χ3v) is 2.48. The molecule has 0 aromatic carbocycles. The molecule has 1 rings (SSSR count). The molecule has 0 aromatic rings. The second-order valence-corrected chi connectivity index (χ2v) is 3.55. The van der Waals surface area contributed by atoms with Crippen molar-refractivity contribution in [3.63, 3.8) is 0 Å². The van der Waals surface area contributed by atoms with E-state index in [1.807, 2.05) is 0 Å². The lowest BCUT2D eigenvalue weighted by molar-refractivity contribution is -0.133. The van der Waals surface area contributed by atoms with Crippen LogP contribution in [0.15, 0.2) is 0 Å². The van der Waals surface area contributed by atoms with Crippen LogP contribution < -0.4 is 0 Å². The minimum Gasteiger partial charge on any atom is -0.384 e. The van der Waals surface area contributed by atoms with Gasteiger partial charge in [0, 0.05) is 20.2 Å². The van der Waals surface area contributed by atoms with Crippen molar-refractivity contribution in [3.05, 3.63) is 0 Å². The summed E-state index contributed by atoms with van der Waals surface area (Å²) in [6.07, 6.45) is 2.29. The first-order valence-electron chi connectivity index (χ1n) is 4.94. The lowest BCUT2D eigenvalue weighted by Gasteiger charge is -2.29. The molecule has 1 aliphatic rings. The summed E-state index contributed by atoms with van der Waals surface area (Å²) in [5, 5.41) is 8.75. The van der Waals surface area contributed by atoms with Crippen LogP contribution in [0.1, 0.15) is 19.3 Å². The molecule has 1 heterocycles. The first kappa shape index (κ1) is 11.0. The number of nitriles is 1. The topological polar surface area (TPSA) is 53.3 Å². The predicted molar refractivity (Wildman–Crippen MR) is 51.4 cm³/mol. The minimum absolute atomic E-state index is 0.0234. The number of carbonyl (C=O) groups is 1. The Morgan fingerprint density at radius 1 is 1.71 bits per heavy atom. The van der Waals surface area contributed by atoms with Crippen molar-refractivity contribution in [1.82, 2.24) is 4.90 Å². The van der Waals surface area contributed by atoms with Gasteiger partial charge in [0.1, 0.15) is 0 Å². The first-order valence-corrected chi connectivity index (χ1v) is 4.94. The number of hydrogen-bond donors (Lipinski definition) is 0. The quantitative estimate of drug-likeness (QED) is 0.670. The standard InChI is InChI=1S/C10H16N2O2/c1-14-6-4-10(13)12-5-2-3-9(7-11)8-12/h9H,2-6,8H2,1H3. The van der Waals surface area contributed by atoms with Crippen LogP contribution in [0.3, 0.4) is 0 Å². The molecule has 14 heavy (non-hydrogen) atoms. The van der Waals surface area contributed by atoms with E-state index < -0.39 is 0 Å². The Labute approximate surface area is 84.4 Å². The highest BCUT2D eigenvalue weighted by Gasteiger charge is 2.22. The van der Waals surface area contributed by atoms with Crippen LogP contribution in [0.5, 0.6) is 0 Å². The monoisotopic (exact) mass is 196 g/mol. The molecule has 0 spiro atoms. The van der Waals surface area contributed by atoms with Crippen molar-refractivity contribution >= 4 is 5.91 Å². The predicted octanol–water partition coefficient (Wildman–Crippen LogP) is 0.785. The summed E-state index contributed by atoms with van der Waals surface area (Å²) in [7, 11) is 1.58. The molecule has 1 saturated heterocycles. The second-order valence-electron chi connectivity index (χ2n) is 3.55. The van der Waals surface area contributed by atoms with E-state index in [-0.39, 0.29) is 11.8 Å². The lowest BCUT2D eigenvalue weighted by atomic mass is 9.99. The van der Waals surface area contributed by atoms with Crippen LogP contribution >= 0.6 is 0 Å². The highest BCUT2D eigenvalue weighted by Crippen LogP contribution is 2.15. The maximum Gasteiger partial charge on any atom is 0.224 e. The molecule has 78 valence electrons. The largest absolute Gasteiger partial charge is 0.384 e. The van der Waals surface area contributed by atoms with Gasteiger partial charge in [-0.1, -0.05) is 0 Å². The average Bonchev–Trinajstić information content (AvgIpc) is 2.26. The third kappa shape index (κ3) is 3.00. The van der Waals surface area contributed by atoms with Crippen LogP contribution in [-0.4, -0.2) is 37.6 Å². The molecule has 0 bridgehead atoms. The highest BCUT2D eigenvalue weighted by molar-refractivity contribution is 5.76. The molecule has 1 fully saturated rings. The van der Waals surface area contributed by atoms with Crippen molar-refractivity contribution in [2.24, 2.45) is 5.92 Å². The molecule has 0 radical (unpaired) electrons. The van der Waals surface area contributed by atoms with Gasteiger partial charge in [-0.25, -0.2) is 0 Å². The number of likely N-dealkylation sites (tertiary alicyclic amines) is 1. The SMILES string of the molecule is COCCC(=O)N1CCCC(C#N)C1. The van der Waals surface area contributed by atoms with E-state index >= 15 is 0 Å². The molecular formula is C10H16N2O2. The second kappa shape index (κ2) is 5.61. The van der Waals surface area contributed by atoms with Crippen molar-refractivity contribution in [3.8, 4) is 6.07 Å². The van der Waals surface area contributed by atoms with Crippen LogP contribution in [0.2, 0.25) is 0 Å². The van der Waals surface area contributed by atoms with Crippen molar-refractivity contribution in [1.29, 1.82) is 5.26 Å². The molecular weight excluding hydrogens is 180 g/mol. The van der Waals surface area contributed by atoms with E-state index in [2.05, 4.69) is 6.07 Å². The van der Waals surface area contributed by atoms with Gasteiger partial charge in [-0.2, -0.15) is 5.26 Å². The van der Waals surface area contributed by atoms with Crippen LogP contribution in [0.25, 0.3) is 0 Å². The van der Waals surface area contributed by atoms with Gasteiger partial charge in [0.25, 0.3) is 0 Å². The van der Waals surface area contributed by atoms with E-state index in [1.54, 1.807) is 12.0 Å². The maximum atomic E-state index is 11.6. The third-order valence-electron chi connectivity index (χ3n) is 2.48. The summed E-state index contributed by atoms with van der Waals surface area (Å²) in [6, 6.07) is 2.22. The number of rotatable bonds is 3. The van der Waals surface area contributed by atoms with Crippen LogP contribution in [-0.2, 0) is 9.53 Å². The number of amides is 1. The van der Waals surface area contributed by atoms with Crippen LogP contribution in [0.4, 0.5) is 0 Å². The molecule has 4 heteroatoms. The summed E-state index contributed by atoms with van der Waals surface area (Å²) in [5.41, 5.74) is 0. The molecule has 0 aromatic heterocycles. The van der Waals surface area contributed by atoms with E-state index in [9.17, 15) is 4.79 Å². The summed E-state index contributed by atoms with van der Waals surface area (Å²) in [5.74, 6) is 0.127. The molecule has 1 atom stereocenters. The molecule has 1 unspecified atom stereocenters. The highest BCUT2D eigenvalue weighted by atomic mass is 16.5. The fourth-order valence-electron chi connectivity index (χ4n) is 1.66. The zero-order valence-corrected chi connectivity index (χ0v) is 8.53.